The van der Waals surface area contributed by atoms with E-state index in [1.165, 1.54) is 51.4 Å². The molecule has 0 aromatic rings. The van der Waals surface area contributed by atoms with Gasteiger partial charge in [-0.25, -0.2) is 0 Å². The van der Waals surface area contributed by atoms with E-state index in [0.717, 1.165) is 12.5 Å². The van der Waals surface area contributed by atoms with Crippen LogP contribution in [0.3, 0.4) is 0 Å². The average molecular weight is 241 g/mol. The van der Waals surface area contributed by atoms with E-state index in [4.69, 9.17) is 0 Å². The molecule has 0 spiro atoms. The molecule has 3 heteroatoms. The van der Waals surface area contributed by atoms with Crippen molar-refractivity contribution >= 4 is 5.96 Å². The first-order valence-electron chi connectivity index (χ1n) is 7.11. The van der Waals surface area contributed by atoms with E-state index in [-0.39, 0.29) is 0 Å². The minimum absolute atomic E-state index is 0.980. The summed E-state index contributed by atoms with van der Waals surface area (Å²) in [5.41, 5.74) is 0. The number of nitrogens with one attached hydrogen (secondary N) is 1. The van der Waals surface area contributed by atoms with E-state index in [2.05, 4.69) is 29.2 Å². The zero-order valence-electron chi connectivity index (χ0n) is 12.3. The van der Waals surface area contributed by atoms with Crippen LogP contribution in [0.15, 0.2) is 4.99 Å². The first-order chi connectivity index (χ1) is 8.26. The summed E-state index contributed by atoms with van der Waals surface area (Å²) in [4.78, 5) is 6.38. The summed E-state index contributed by atoms with van der Waals surface area (Å²) in [7, 11) is 5.85. The van der Waals surface area contributed by atoms with Crippen LogP contribution in [0.2, 0.25) is 0 Å². The Balaban J connectivity index is 3.33. The summed E-state index contributed by atoms with van der Waals surface area (Å²) in [6.07, 6.45) is 11.0. The van der Waals surface area contributed by atoms with Crippen LogP contribution in [0.4, 0.5) is 0 Å². The molecule has 1 N–H and O–H groups in total. The minimum Gasteiger partial charge on any atom is -0.359 e. The van der Waals surface area contributed by atoms with Crippen LogP contribution in [0, 0.1) is 0 Å². The van der Waals surface area contributed by atoms with E-state index >= 15 is 0 Å². The fraction of sp³-hybridized carbons (Fsp3) is 0.929. The van der Waals surface area contributed by atoms with Gasteiger partial charge in [-0.15, -0.1) is 0 Å². The molecule has 0 unspecified atom stereocenters. The molecule has 0 saturated carbocycles. The van der Waals surface area contributed by atoms with Crippen LogP contribution >= 0.6 is 0 Å². The highest BCUT2D eigenvalue weighted by molar-refractivity contribution is 5.79. The molecule has 0 rings (SSSR count). The van der Waals surface area contributed by atoms with Gasteiger partial charge in [0.25, 0.3) is 0 Å². The number of guanidine groups is 1. The van der Waals surface area contributed by atoms with Crippen LogP contribution < -0.4 is 5.32 Å². The van der Waals surface area contributed by atoms with Crippen molar-refractivity contribution in [3.63, 3.8) is 0 Å². The van der Waals surface area contributed by atoms with Gasteiger partial charge in [0.05, 0.1) is 0 Å². The Morgan fingerprint density at radius 2 is 1.53 bits per heavy atom. The van der Waals surface area contributed by atoms with Gasteiger partial charge in [0.2, 0.25) is 0 Å². The van der Waals surface area contributed by atoms with Crippen molar-refractivity contribution in [1.82, 2.24) is 10.2 Å². The largest absolute Gasteiger partial charge is 0.359 e. The third kappa shape index (κ3) is 9.02. The van der Waals surface area contributed by atoms with E-state index in [1.54, 1.807) is 0 Å². The molecular weight excluding hydrogens is 210 g/mol. The first kappa shape index (κ1) is 16.3. The number of hydrogen-bond donors (Lipinski definition) is 1. The lowest BCUT2D eigenvalue weighted by atomic mass is 10.1. The van der Waals surface area contributed by atoms with Crippen LogP contribution in [0.1, 0.15) is 58.3 Å². The summed E-state index contributed by atoms with van der Waals surface area (Å²) < 4.78 is 0. The molecule has 0 fully saturated rings. The summed E-state index contributed by atoms with van der Waals surface area (Å²) in [5.74, 6) is 0.980. The van der Waals surface area contributed by atoms with Crippen LogP contribution in [-0.4, -0.2) is 38.5 Å². The minimum atomic E-state index is 0.980. The van der Waals surface area contributed by atoms with E-state index in [0.29, 0.717) is 0 Å². The highest BCUT2D eigenvalue weighted by Crippen LogP contribution is 2.08. The molecule has 0 atom stereocenters. The molecule has 0 aliphatic heterocycles. The summed E-state index contributed by atoms with van der Waals surface area (Å²) >= 11 is 0. The summed E-state index contributed by atoms with van der Waals surface area (Å²) in [5, 5.41) is 3.10. The van der Waals surface area contributed by atoms with Crippen molar-refractivity contribution in [2.75, 3.05) is 27.7 Å². The van der Waals surface area contributed by atoms with E-state index in [1.807, 2.05) is 14.1 Å². The Hall–Kier alpha value is -0.730. The Morgan fingerprint density at radius 1 is 1.00 bits per heavy atom. The predicted octanol–water partition coefficient (Wildman–Crippen LogP) is 3.26. The smallest absolute Gasteiger partial charge is 0.193 e. The van der Waals surface area contributed by atoms with Gasteiger partial charge in [0.15, 0.2) is 5.96 Å². The quantitative estimate of drug-likeness (QED) is 0.381. The molecule has 0 aliphatic carbocycles. The SMILES string of the molecule is CCCCCCCCCCN(C)C(=NC)NC. The maximum Gasteiger partial charge on any atom is 0.193 e. The predicted molar refractivity (Wildman–Crippen MR) is 77.7 cm³/mol. The van der Waals surface area contributed by atoms with Gasteiger partial charge in [-0.05, 0) is 6.42 Å². The number of hydrogen-bond acceptors (Lipinski definition) is 1. The van der Waals surface area contributed by atoms with Crippen LogP contribution in [-0.2, 0) is 0 Å². The molecule has 0 amide bonds. The fourth-order valence-electron chi connectivity index (χ4n) is 2.06. The Kier molecular flexibility index (Phi) is 11.2. The number of rotatable bonds is 9. The Labute approximate surface area is 108 Å². The summed E-state index contributed by atoms with van der Waals surface area (Å²) in [6, 6.07) is 0. The number of unbranched alkanes of at least 4 members (excludes halogenated alkanes) is 7. The molecular formula is C14H31N3. The molecule has 3 nitrogen and oxygen atoms in total. The average Bonchev–Trinajstić information content (AvgIpc) is 2.34. The maximum atomic E-state index is 4.19. The lowest BCUT2D eigenvalue weighted by Gasteiger charge is -2.20. The lowest BCUT2D eigenvalue weighted by Crippen LogP contribution is -2.37. The van der Waals surface area contributed by atoms with Crippen molar-refractivity contribution in [3.8, 4) is 0 Å². The Bertz CT molecular complexity index is 190. The topological polar surface area (TPSA) is 27.6 Å². The molecule has 0 aliphatic rings. The van der Waals surface area contributed by atoms with Gasteiger partial charge in [-0.3, -0.25) is 4.99 Å². The highest BCUT2D eigenvalue weighted by Gasteiger charge is 2.01. The molecule has 17 heavy (non-hydrogen) atoms. The van der Waals surface area contributed by atoms with Crippen molar-refractivity contribution in [2.45, 2.75) is 58.3 Å². The van der Waals surface area contributed by atoms with Gasteiger partial charge in [0.1, 0.15) is 0 Å². The second kappa shape index (κ2) is 11.7. The zero-order valence-corrected chi connectivity index (χ0v) is 12.3. The standard InChI is InChI=1S/C14H31N3/c1-5-6-7-8-9-10-11-12-13-17(4)14(15-2)16-3/h5-13H2,1-4H3,(H,15,16). The number of aliphatic imine (C=N–C) groups is 1. The van der Waals surface area contributed by atoms with Crippen molar-refractivity contribution in [1.29, 1.82) is 0 Å². The second-order valence-electron chi connectivity index (χ2n) is 4.69. The second-order valence-corrected chi connectivity index (χ2v) is 4.69. The molecule has 0 aromatic heterocycles. The lowest BCUT2D eigenvalue weighted by molar-refractivity contribution is 0.453. The molecule has 102 valence electrons. The van der Waals surface area contributed by atoms with Gasteiger partial charge in [-0.1, -0.05) is 51.9 Å². The van der Waals surface area contributed by atoms with Gasteiger partial charge in [0, 0.05) is 27.7 Å². The van der Waals surface area contributed by atoms with Gasteiger partial charge >= 0.3 is 0 Å². The van der Waals surface area contributed by atoms with Crippen molar-refractivity contribution in [3.05, 3.63) is 0 Å². The summed E-state index contributed by atoms with van der Waals surface area (Å²) in [6.45, 7) is 3.37. The first-order valence-corrected chi connectivity index (χ1v) is 7.11. The molecule has 0 aromatic carbocycles. The van der Waals surface area contributed by atoms with E-state index in [9.17, 15) is 0 Å². The fourth-order valence-corrected chi connectivity index (χ4v) is 2.06. The van der Waals surface area contributed by atoms with Crippen LogP contribution in [0.25, 0.3) is 0 Å². The van der Waals surface area contributed by atoms with Gasteiger partial charge in [-0.2, -0.15) is 0 Å². The third-order valence-electron chi connectivity index (χ3n) is 3.14. The van der Waals surface area contributed by atoms with Crippen molar-refractivity contribution in [2.24, 2.45) is 4.99 Å². The normalized spacial score (nSPS) is 11.6. The molecule has 0 radical (unpaired) electrons. The van der Waals surface area contributed by atoms with E-state index < -0.39 is 0 Å². The molecule has 0 bridgehead atoms. The maximum absolute atomic E-state index is 4.19. The van der Waals surface area contributed by atoms with Crippen LogP contribution in [0.5, 0.6) is 0 Å². The molecule has 0 saturated heterocycles. The Morgan fingerprint density at radius 3 is 2.00 bits per heavy atom. The molecule has 0 heterocycles. The third-order valence-corrected chi connectivity index (χ3v) is 3.14. The van der Waals surface area contributed by atoms with Crippen molar-refractivity contribution < 1.29 is 0 Å². The monoisotopic (exact) mass is 241 g/mol. The zero-order chi connectivity index (χ0) is 12.9. The highest BCUT2D eigenvalue weighted by atomic mass is 15.3. The van der Waals surface area contributed by atoms with Gasteiger partial charge < -0.3 is 10.2 Å². The number of nitrogens with zero attached hydrogens (tertiary/aromatic N) is 2.